The highest BCUT2D eigenvalue weighted by atomic mass is 35.5. The molecule has 8 nitrogen and oxygen atoms in total. The van der Waals surface area contributed by atoms with Gasteiger partial charge in [0.25, 0.3) is 0 Å². The zero-order valence-corrected chi connectivity index (χ0v) is 19.5. The number of phenolic OH excluding ortho intramolecular Hbond substituents is 1. The number of rotatable bonds is 8. The molecule has 0 spiro atoms. The van der Waals surface area contributed by atoms with E-state index in [1.165, 1.54) is 18.2 Å². The third kappa shape index (κ3) is 6.02. The molecule has 2 aromatic rings. The third-order valence-corrected chi connectivity index (χ3v) is 6.85. The van der Waals surface area contributed by atoms with E-state index in [9.17, 15) is 30.0 Å². The minimum absolute atomic E-state index is 0.0831. The van der Waals surface area contributed by atoms with Gasteiger partial charge in [0.15, 0.2) is 5.60 Å². The topological polar surface area (TPSA) is 134 Å². The molecule has 9 heteroatoms. The largest absolute Gasteiger partial charge is 0.508 e. The van der Waals surface area contributed by atoms with Gasteiger partial charge in [-0.15, -0.1) is 0 Å². The molecular formula is C26H27ClO8. The van der Waals surface area contributed by atoms with Crippen LogP contribution in [0.3, 0.4) is 0 Å². The molecule has 0 radical (unpaired) electrons. The van der Waals surface area contributed by atoms with Crippen LogP contribution in [0.15, 0.2) is 54.6 Å². The van der Waals surface area contributed by atoms with E-state index in [1.807, 2.05) is 12.1 Å². The molecule has 2 fully saturated rings. The van der Waals surface area contributed by atoms with Crippen LogP contribution in [0.2, 0.25) is 5.02 Å². The summed E-state index contributed by atoms with van der Waals surface area (Å²) >= 11 is 5.94. The van der Waals surface area contributed by atoms with E-state index in [0.717, 1.165) is 18.1 Å². The number of aliphatic carboxylic acids is 1. The molecule has 4 rings (SSSR count). The fourth-order valence-corrected chi connectivity index (χ4v) is 4.58. The molecule has 0 unspecified atom stereocenters. The highest BCUT2D eigenvalue weighted by Gasteiger charge is 2.53. The third-order valence-electron chi connectivity index (χ3n) is 6.60. The molecule has 186 valence electrons. The normalized spacial score (nSPS) is 30.2. The Labute approximate surface area is 207 Å². The van der Waals surface area contributed by atoms with Gasteiger partial charge in [0.05, 0.1) is 12.7 Å². The van der Waals surface area contributed by atoms with Gasteiger partial charge in [0, 0.05) is 23.9 Å². The monoisotopic (exact) mass is 502 g/mol. The molecule has 0 aromatic heterocycles. The fourth-order valence-electron chi connectivity index (χ4n) is 4.46. The summed E-state index contributed by atoms with van der Waals surface area (Å²) in [6, 6.07) is 13.6. The van der Waals surface area contributed by atoms with Gasteiger partial charge in [0.2, 0.25) is 0 Å². The quantitative estimate of drug-likeness (QED) is 0.319. The number of ether oxygens (including phenoxy) is 2. The van der Waals surface area contributed by atoms with Crippen LogP contribution in [-0.4, -0.2) is 62.9 Å². The van der Waals surface area contributed by atoms with E-state index in [0.29, 0.717) is 10.6 Å². The summed E-state index contributed by atoms with van der Waals surface area (Å²) in [5, 5.41) is 40.7. The molecule has 2 aliphatic carbocycles. The van der Waals surface area contributed by atoms with Crippen molar-refractivity contribution in [1.82, 2.24) is 0 Å². The summed E-state index contributed by atoms with van der Waals surface area (Å²) in [5.74, 6) is -1.66. The number of halogens is 1. The van der Waals surface area contributed by atoms with Gasteiger partial charge < -0.3 is 29.9 Å². The summed E-state index contributed by atoms with van der Waals surface area (Å²) in [6.45, 7) is 0.157. The van der Waals surface area contributed by atoms with Gasteiger partial charge in [-0.3, -0.25) is 0 Å². The van der Waals surface area contributed by atoms with Crippen molar-refractivity contribution in [3.05, 3.63) is 70.8 Å². The number of carbonyl (C=O) groups excluding carboxylic acids is 1. The molecular weight excluding hydrogens is 476 g/mol. The summed E-state index contributed by atoms with van der Waals surface area (Å²) in [5.41, 5.74) is -0.0669. The molecule has 2 saturated carbocycles. The second-order valence-electron chi connectivity index (χ2n) is 9.13. The van der Waals surface area contributed by atoms with Crippen molar-refractivity contribution < 1.29 is 39.5 Å². The van der Waals surface area contributed by atoms with Crippen LogP contribution in [0.25, 0.3) is 6.08 Å². The van der Waals surface area contributed by atoms with E-state index in [1.54, 1.807) is 24.3 Å². The molecule has 2 aliphatic rings. The first kappa shape index (κ1) is 25.2. The number of hydrogen-bond acceptors (Lipinski definition) is 7. The Kier molecular flexibility index (Phi) is 7.47. The van der Waals surface area contributed by atoms with Crippen molar-refractivity contribution in [2.75, 3.05) is 6.61 Å². The Balaban J connectivity index is 1.39. The predicted octanol–water partition coefficient (Wildman–Crippen LogP) is 3.13. The van der Waals surface area contributed by atoms with Crippen LogP contribution in [0.1, 0.15) is 36.3 Å². The first-order chi connectivity index (χ1) is 16.7. The van der Waals surface area contributed by atoms with Gasteiger partial charge in [0.1, 0.15) is 18.0 Å². The van der Waals surface area contributed by atoms with E-state index >= 15 is 0 Å². The van der Waals surface area contributed by atoms with Crippen LogP contribution >= 0.6 is 11.6 Å². The van der Waals surface area contributed by atoms with E-state index in [4.69, 9.17) is 21.1 Å². The van der Waals surface area contributed by atoms with Crippen molar-refractivity contribution in [2.45, 2.75) is 49.1 Å². The lowest BCUT2D eigenvalue weighted by atomic mass is 9.79. The molecule has 0 saturated heterocycles. The minimum Gasteiger partial charge on any atom is -0.508 e. The first-order valence-electron chi connectivity index (χ1n) is 11.3. The Morgan fingerprint density at radius 2 is 1.74 bits per heavy atom. The van der Waals surface area contributed by atoms with Crippen molar-refractivity contribution in [1.29, 1.82) is 0 Å². The number of hydrogen-bond donors (Lipinski definition) is 4. The molecule has 4 N–H and O–H groups in total. The molecule has 0 bridgehead atoms. The number of benzene rings is 2. The second-order valence-corrected chi connectivity index (χ2v) is 9.57. The number of aliphatic hydroxyl groups excluding tert-OH is 2. The van der Waals surface area contributed by atoms with Crippen molar-refractivity contribution in [3.8, 4) is 5.75 Å². The summed E-state index contributed by atoms with van der Waals surface area (Å²) in [7, 11) is 0. The number of carboxylic acids is 1. The second kappa shape index (κ2) is 10.4. The maximum Gasteiger partial charge on any atom is 0.336 e. The zero-order chi connectivity index (χ0) is 25.2. The van der Waals surface area contributed by atoms with Crippen LogP contribution in [0.4, 0.5) is 0 Å². The zero-order valence-electron chi connectivity index (χ0n) is 18.8. The predicted molar refractivity (Wildman–Crippen MR) is 127 cm³/mol. The van der Waals surface area contributed by atoms with E-state index in [2.05, 4.69) is 0 Å². The SMILES string of the molecule is O=C(/C=C/c1ccc(O)cc1)O[C@@H]1C[C@](OC[C@@H]2C[C@@H]2c2ccc(Cl)cc2)(C(=O)O)C[C@@H](O)[C@H]1O. The fraction of sp³-hybridized carbons (Fsp3) is 0.385. The lowest BCUT2D eigenvalue weighted by Gasteiger charge is -2.42. The highest BCUT2D eigenvalue weighted by Crippen LogP contribution is 2.49. The number of aliphatic hydroxyl groups is 2. The van der Waals surface area contributed by atoms with Crippen molar-refractivity contribution >= 4 is 29.6 Å². The molecule has 0 amide bonds. The molecule has 0 aliphatic heterocycles. The summed E-state index contributed by atoms with van der Waals surface area (Å²) in [6.07, 6.45) is -1.34. The maximum atomic E-state index is 12.3. The van der Waals surface area contributed by atoms with Gasteiger partial charge in [-0.1, -0.05) is 35.9 Å². The number of phenols is 1. The van der Waals surface area contributed by atoms with Crippen LogP contribution in [-0.2, 0) is 19.1 Å². The lowest BCUT2D eigenvalue weighted by molar-refractivity contribution is -0.207. The van der Waals surface area contributed by atoms with Crippen LogP contribution in [0.5, 0.6) is 5.75 Å². The maximum absolute atomic E-state index is 12.3. The Morgan fingerprint density at radius 1 is 1.06 bits per heavy atom. The van der Waals surface area contributed by atoms with Crippen molar-refractivity contribution in [2.24, 2.45) is 5.92 Å². The number of carboxylic acid groups (broad SMARTS) is 1. The van der Waals surface area contributed by atoms with Gasteiger partial charge >= 0.3 is 11.9 Å². The van der Waals surface area contributed by atoms with Crippen LogP contribution in [0, 0.1) is 5.92 Å². The summed E-state index contributed by atoms with van der Waals surface area (Å²) < 4.78 is 11.2. The van der Waals surface area contributed by atoms with Gasteiger partial charge in [-0.25, -0.2) is 9.59 Å². The lowest BCUT2D eigenvalue weighted by Crippen LogP contribution is -2.58. The molecule has 0 heterocycles. The Hall–Kier alpha value is -2.91. The molecule has 2 aromatic carbocycles. The average Bonchev–Trinajstić information content (AvgIpc) is 3.60. The highest BCUT2D eigenvalue weighted by molar-refractivity contribution is 6.30. The molecule has 6 atom stereocenters. The van der Waals surface area contributed by atoms with E-state index in [-0.39, 0.29) is 37.0 Å². The Bertz CT molecular complexity index is 1080. The molecule has 35 heavy (non-hydrogen) atoms. The number of carbonyl (C=O) groups is 2. The Morgan fingerprint density at radius 3 is 2.40 bits per heavy atom. The first-order valence-corrected chi connectivity index (χ1v) is 11.7. The standard InChI is InChI=1S/C26H27ClO8/c27-18-6-4-16(5-7-18)20-11-17(20)14-34-26(25(32)33)12-21(29)24(31)22(13-26)35-23(30)10-3-15-1-8-19(28)9-2-15/h1-10,17,20-22,24,28-29,31H,11-14H2,(H,32,33)/b10-3+/t17-,20+,21+,22+,24+,26-/m0/s1. The average molecular weight is 503 g/mol. The minimum atomic E-state index is -1.79. The van der Waals surface area contributed by atoms with Gasteiger partial charge in [-0.05, 0) is 59.7 Å². The summed E-state index contributed by atoms with van der Waals surface area (Å²) in [4.78, 5) is 24.5. The number of aromatic hydroxyl groups is 1. The van der Waals surface area contributed by atoms with Crippen LogP contribution < -0.4 is 0 Å². The van der Waals surface area contributed by atoms with E-state index < -0.39 is 35.9 Å². The number of esters is 1. The smallest absolute Gasteiger partial charge is 0.336 e. The van der Waals surface area contributed by atoms with Crippen molar-refractivity contribution in [3.63, 3.8) is 0 Å². The van der Waals surface area contributed by atoms with Gasteiger partial charge in [-0.2, -0.15) is 0 Å².